The van der Waals surface area contributed by atoms with E-state index in [1.54, 1.807) is 0 Å². The van der Waals surface area contributed by atoms with Gasteiger partial charge < -0.3 is 37.6 Å². The summed E-state index contributed by atoms with van der Waals surface area (Å²) in [6.45, 7) is 7.77. The van der Waals surface area contributed by atoms with Crippen molar-refractivity contribution >= 4 is 23.4 Å². The van der Waals surface area contributed by atoms with Gasteiger partial charge in [-0.15, -0.1) is 0 Å². The highest BCUT2D eigenvalue weighted by Gasteiger charge is 2.26. The van der Waals surface area contributed by atoms with Crippen LogP contribution in [0.15, 0.2) is 54.6 Å². The van der Waals surface area contributed by atoms with E-state index in [1.807, 2.05) is 42.5 Å². The van der Waals surface area contributed by atoms with Crippen molar-refractivity contribution in [1.29, 1.82) is 0 Å². The third kappa shape index (κ3) is 11.0. The molecule has 0 aromatic heterocycles. The molecule has 0 spiro atoms. The fraction of sp³-hybridized carbons (Fsp3) is 0.500. The normalized spacial score (nSPS) is 12.3. The van der Waals surface area contributed by atoms with Crippen LogP contribution in [-0.4, -0.2) is 74.0 Å². The van der Waals surface area contributed by atoms with Crippen molar-refractivity contribution in [1.82, 2.24) is 15.5 Å². The Hall–Kier alpha value is -3.47. The maximum Gasteiger partial charge on any atom is 0.242 e. The third-order valence-electron chi connectivity index (χ3n) is 6.72. The highest BCUT2D eigenvalue weighted by atomic mass is 16.2. The zero-order valence-corrected chi connectivity index (χ0v) is 24.0. The van der Waals surface area contributed by atoms with E-state index in [4.69, 9.17) is 17.2 Å². The van der Waals surface area contributed by atoms with E-state index in [2.05, 4.69) is 41.5 Å². The number of nitrogens with one attached hydrogen (secondary N) is 2. The van der Waals surface area contributed by atoms with Crippen molar-refractivity contribution in [2.75, 3.05) is 44.2 Å². The lowest BCUT2D eigenvalue weighted by Gasteiger charge is -2.24. The number of benzene rings is 2. The van der Waals surface area contributed by atoms with Gasteiger partial charge in [-0.1, -0.05) is 49.4 Å². The third-order valence-corrected chi connectivity index (χ3v) is 6.72. The SMILES string of the molecule is CCCN(CC)c1ccc(CNC(=O)C(CCc2ccccc2)NC(=O)C(N)CC(=O)N(CCN)CCN)cc1. The molecular formula is C30H47N7O3. The molecule has 0 aliphatic heterocycles. The zero-order valence-electron chi connectivity index (χ0n) is 24.0. The number of hydrogen-bond donors (Lipinski definition) is 5. The summed E-state index contributed by atoms with van der Waals surface area (Å²) in [7, 11) is 0. The molecular weight excluding hydrogens is 506 g/mol. The molecule has 2 unspecified atom stereocenters. The highest BCUT2D eigenvalue weighted by Crippen LogP contribution is 2.16. The van der Waals surface area contributed by atoms with Crippen LogP contribution in [0.4, 0.5) is 5.69 Å². The second kappa shape index (κ2) is 18.0. The first kappa shape index (κ1) is 32.7. The summed E-state index contributed by atoms with van der Waals surface area (Å²) in [5, 5.41) is 5.72. The number of hydrogen-bond acceptors (Lipinski definition) is 7. The summed E-state index contributed by atoms with van der Waals surface area (Å²) in [4.78, 5) is 42.6. The summed E-state index contributed by atoms with van der Waals surface area (Å²) in [6, 6.07) is 16.0. The lowest BCUT2D eigenvalue weighted by molar-refractivity contribution is -0.135. The van der Waals surface area contributed by atoms with E-state index in [0.717, 1.165) is 36.3 Å². The van der Waals surface area contributed by atoms with Crippen LogP contribution in [-0.2, 0) is 27.3 Å². The van der Waals surface area contributed by atoms with Gasteiger partial charge in [-0.25, -0.2) is 0 Å². The molecule has 0 aliphatic carbocycles. The lowest BCUT2D eigenvalue weighted by atomic mass is 10.0. The molecule has 0 heterocycles. The molecule has 220 valence electrons. The molecule has 40 heavy (non-hydrogen) atoms. The number of nitrogens with two attached hydrogens (primary N) is 3. The van der Waals surface area contributed by atoms with Crippen molar-refractivity contribution in [2.24, 2.45) is 17.2 Å². The maximum absolute atomic E-state index is 13.2. The zero-order chi connectivity index (χ0) is 29.3. The van der Waals surface area contributed by atoms with Gasteiger partial charge in [0.25, 0.3) is 0 Å². The van der Waals surface area contributed by atoms with E-state index < -0.39 is 18.0 Å². The number of rotatable bonds is 18. The topological polar surface area (TPSA) is 160 Å². The molecule has 0 radical (unpaired) electrons. The minimum Gasteiger partial charge on any atom is -0.372 e. The standard InChI is InChI=1S/C30H47N7O3/c1-3-18-36(4-2)25-13-10-24(11-14-25)22-34-30(40)27(15-12-23-8-6-5-7-9-23)35-29(39)26(33)21-28(38)37(19-16-31)20-17-32/h5-11,13-14,26-27H,3-4,12,15-22,31-33H2,1-2H3,(H,34,40)(H,35,39). The van der Waals surface area contributed by atoms with Gasteiger partial charge in [-0.3, -0.25) is 14.4 Å². The first-order chi connectivity index (χ1) is 19.3. The van der Waals surface area contributed by atoms with Gasteiger partial charge in [0.1, 0.15) is 6.04 Å². The molecule has 0 aliphatic rings. The Morgan fingerprint density at radius 3 is 2.08 bits per heavy atom. The number of nitrogens with zero attached hydrogens (tertiary/aromatic N) is 2. The number of anilines is 1. The second-order valence-electron chi connectivity index (χ2n) is 9.82. The van der Waals surface area contributed by atoms with Gasteiger partial charge in [-0.2, -0.15) is 0 Å². The molecule has 0 fully saturated rings. The van der Waals surface area contributed by atoms with Crippen molar-refractivity contribution in [3.63, 3.8) is 0 Å². The van der Waals surface area contributed by atoms with Crippen LogP contribution in [0.25, 0.3) is 0 Å². The van der Waals surface area contributed by atoms with Gasteiger partial charge >= 0.3 is 0 Å². The summed E-state index contributed by atoms with van der Waals surface area (Å²) in [5.74, 6) is -1.16. The van der Waals surface area contributed by atoms with Gasteiger partial charge in [0, 0.05) is 51.5 Å². The minimum absolute atomic E-state index is 0.196. The predicted molar refractivity (Wildman–Crippen MR) is 160 cm³/mol. The van der Waals surface area contributed by atoms with Crippen molar-refractivity contribution in [3.8, 4) is 0 Å². The van der Waals surface area contributed by atoms with E-state index in [9.17, 15) is 14.4 Å². The Balaban J connectivity index is 2.04. The Morgan fingerprint density at radius 2 is 1.50 bits per heavy atom. The number of aryl methyl sites for hydroxylation is 1. The maximum atomic E-state index is 13.2. The van der Waals surface area contributed by atoms with Crippen molar-refractivity contribution in [3.05, 3.63) is 65.7 Å². The smallest absolute Gasteiger partial charge is 0.242 e. The summed E-state index contributed by atoms with van der Waals surface area (Å²) >= 11 is 0. The largest absolute Gasteiger partial charge is 0.372 e. The minimum atomic E-state index is -1.10. The molecule has 8 N–H and O–H groups in total. The fourth-order valence-electron chi connectivity index (χ4n) is 4.46. The van der Waals surface area contributed by atoms with Crippen molar-refractivity contribution in [2.45, 2.75) is 58.2 Å². The molecule has 10 heteroatoms. The van der Waals surface area contributed by atoms with Gasteiger partial charge in [0.2, 0.25) is 17.7 Å². The molecule has 0 saturated heterocycles. The average molecular weight is 554 g/mol. The monoisotopic (exact) mass is 553 g/mol. The number of carbonyl (C=O) groups excluding carboxylic acids is 3. The van der Waals surface area contributed by atoms with Crippen molar-refractivity contribution < 1.29 is 14.4 Å². The average Bonchev–Trinajstić information content (AvgIpc) is 2.97. The molecule has 2 rings (SSSR count). The molecule has 3 amide bonds. The van der Waals surface area contributed by atoms with Crippen LogP contribution in [0.5, 0.6) is 0 Å². The molecule has 10 nitrogen and oxygen atoms in total. The Labute approximate surface area is 238 Å². The summed E-state index contributed by atoms with van der Waals surface area (Å²) < 4.78 is 0. The van der Waals surface area contributed by atoms with E-state index in [0.29, 0.717) is 32.5 Å². The van der Waals surface area contributed by atoms with Crippen LogP contribution < -0.4 is 32.7 Å². The Kier molecular flexibility index (Phi) is 14.7. The quantitative estimate of drug-likeness (QED) is 0.185. The van der Waals surface area contributed by atoms with E-state index in [1.165, 1.54) is 4.90 Å². The summed E-state index contributed by atoms with van der Waals surface area (Å²) in [6.07, 6.45) is 1.85. The number of carbonyl (C=O) groups is 3. The Bertz CT molecular complexity index is 1030. The Morgan fingerprint density at radius 1 is 0.850 bits per heavy atom. The first-order valence-corrected chi connectivity index (χ1v) is 14.2. The van der Waals surface area contributed by atoms with E-state index >= 15 is 0 Å². The number of amides is 3. The molecule has 2 atom stereocenters. The predicted octanol–water partition coefficient (Wildman–Crippen LogP) is 1.12. The molecule has 0 saturated carbocycles. The second-order valence-corrected chi connectivity index (χ2v) is 9.82. The first-order valence-electron chi connectivity index (χ1n) is 14.2. The van der Waals surface area contributed by atoms with Gasteiger partial charge in [0.15, 0.2) is 0 Å². The van der Waals surface area contributed by atoms with Crippen LogP contribution >= 0.6 is 0 Å². The highest BCUT2D eigenvalue weighted by molar-refractivity contribution is 5.92. The molecule has 2 aromatic carbocycles. The van der Waals surface area contributed by atoms with E-state index in [-0.39, 0.29) is 31.3 Å². The van der Waals surface area contributed by atoms with Gasteiger partial charge in [0.05, 0.1) is 12.5 Å². The lowest BCUT2D eigenvalue weighted by Crippen LogP contribution is -2.53. The summed E-state index contributed by atoms with van der Waals surface area (Å²) in [5.41, 5.74) is 20.4. The van der Waals surface area contributed by atoms with Crippen LogP contribution in [0.1, 0.15) is 44.2 Å². The van der Waals surface area contributed by atoms with Gasteiger partial charge in [-0.05, 0) is 49.4 Å². The fourth-order valence-corrected chi connectivity index (χ4v) is 4.46. The van der Waals surface area contributed by atoms with Crippen LogP contribution in [0, 0.1) is 0 Å². The molecule has 0 bridgehead atoms. The molecule has 2 aromatic rings. The van der Waals surface area contributed by atoms with Crippen LogP contribution in [0.3, 0.4) is 0 Å². The van der Waals surface area contributed by atoms with Crippen LogP contribution in [0.2, 0.25) is 0 Å².